The summed E-state index contributed by atoms with van der Waals surface area (Å²) in [5.74, 6) is 0. The lowest BCUT2D eigenvalue weighted by Crippen LogP contribution is -1.69. The topological polar surface area (TPSA) is 0 Å². The highest BCUT2D eigenvalue weighted by atomic mass is 13.9. The summed E-state index contributed by atoms with van der Waals surface area (Å²) >= 11 is 0. The third-order valence-corrected chi connectivity index (χ3v) is 2.86. The van der Waals surface area contributed by atoms with Crippen LogP contribution in [-0.2, 0) is 0 Å². The van der Waals surface area contributed by atoms with Crippen LogP contribution >= 0.6 is 0 Å². The second kappa shape index (κ2) is 17.7. The molecule has 0 aromatic heterocycles. The van der Waals surface area contributed by atoms with Gasteiger partial charge in [-0.3, -0.25) is 0 Å². The van der Waals surface area contributed by atoms with Gasteiger partial charge in [-0.15, -0.1) is 0 Å². The molecule has 0 spiro atoms. The van der Waals surface area contributed by atoms with Crippen LogP contribution < -0.4 is 0 Å². The summed E-state index contributed by atoms with van der Waals surface area (Å²) in [6.45, 7) is 6.06. The lowest BCUT2D eigenvalue weighted by molar-refractivity contribution is 0.729. The fourth-order valence-electron chi connectivity index (χ4n) is 1.66. The van der Waals surface area contributed by atoms with Gasteiger partial charge in [-0.05, 0) is 32.1 Å². The normalized spacial score (nSPS) is 13.1. The molecule has 0 aliphatic heterocycles. The Kier molecular flexibility index (Phi) is 16.5. The van der Waals surface area contributed by atoms with Crippen LogP contribution in [-0.4, -0.2) is 0 Å². The van der Waals surface area contributed by atoms with E-state index in [4.69, 9.17) is 0 Å². The van der Waals surface area contributed by atoms with E-state index in [0.29, 0.717) is 0 Å². The Balaban J connectivity index is 3.52. The summed E-state index contributed by atoms with van der Waals surface area (Å²) in [5.41, 5.74) is 0. The molecule has 0 saturated carbocycles. The van der Waals surface area contributed by atoms with Crippen LogP contribution in [0.4, 0.5) is 0 Å². The predicted molar refractivity (Wildman–Crippen MR) is 93.7 cm³/mol. The van der Waals surface area contributed by atoms with Crippen LogP contribution in [0, 0.1) is 6.92 Å². The molecule has 0 saturated heterocycles. The van der Waals surface area contributed by atoms with E-state index in [-0.39, 0.29) is 0 Å². The summed E-state index contributed by atoms with van der Waals surface area (Å²) in [6, 6.07) is 0. The van der Waals surface area contributed by atoms with Crippen LogP contribution in [0.3, 0.4) is 0 Å². The zero-order valence-electron chi connectivity index (χ0n) is 13.1. The van der Waals surface area contributed by atoms with E-state index in [1.807, 2.05) is 0 Å². The van der Waals surface area contributed by atoms with Gasteiger partial charge in [-0.25, -0.2) is 0 Å². The highest BCUT2D eigenvalue weighted by molar-refractivity contribution is 5.15. The molecule has 20 heavy (non-hydrogen) atoms. The molecule has 0 aliphatic rings. The predicted octanol–water partition coefficient (Wildman–Crippen LogP) is 6.74. The first-order chi connectivity index (χ1) is 9.91. The van der Waals surface area contributed by atoms with Crippen molar-refractivity contribution in [1.29, 1.82) is 0 Å². The Bertz CT molecular complexity index is 313. The van der Waals surface area contributed by atoms with Gasteiger partial charge in [-0.1, -0.05) is 93.9 Å². The molecule has 0 heteroatoms. The van der Waals surface area contributed by atoms with E-state index >= 15 is 0 Å². The first-order valence-corrected chi connectivity index (χ1v) is 8.01. The van der Waals surface area contributed by atoms with Crippen LogP contribution in [0.5, 0.6) is 0 Å². The van der Waals surface area contributed by atoms with Crippen molar-refractivity contribution < 1.29 is 0 Å². The monoisotopic (exact) mass is 271 g/mol. The van der Waals surface area contributed by atoms with Crippen molar-refractivity contribution in [2.24, 2.45) is 0 Å². The first-order valence-electron chi connectivity index (χ1n) is 8.01. The molecule has 0 N–H and O–H groups in total. The van der Waals surface area contributed by atoms with Crippen molar-refractivity contribution in [2.75, 3.05) is 0 Å². The highest BCUT2D eigenvalue weighted by Crippen LogP contribution is 1.99. The van der Waals surface area contributed by atoms with Gasteiger partial charge in [0.25, 0.3) is 0 Å². The molecule has 0 amide bonds. The number of unbranched alkanes of at least 4 members (excludes halogenated alkanes) is 5. The molecule has 0 bridgehead atoms. The average Bonchev–Trinajstić information content (AvgIpc) is 2.47. The van der Waals surface area contributed by atoms with Crippen molar-refractivity contribution >= 4 is 0 Å². The van der Waals surface area contributed by atoms with E-state index < -0.39 is 0 Å². The Morgan fingerprint density at radius 3 is 2.00 bits per heavy atom. The third-order valence-electron chi connectivity index (χ3n) is 2.86. The minimum atomic E-state index is 1.02. The van der Waals surface area contributed by atoms with Crippen LogP contribution in [0.15, 0.2) is 60.8 Å². The molecular formula is C20H31. The first kappa shape index (κ1) is 18.7. The molecule has 1 radical (unpaired) electrons. The highest BCUT2D eigenvalue weighted by Gasteiger charge is 1.79. The zero-order valence-corrected chi connectivity index (χ0v) is 13.1. The fourth-order valence-corrected chi connectivity index (χ4v) is 1.66. The summed E-state index contributed by atoms with van der Waals surface area (Å²) in [5, 5.41) is 0. The molecule has 0 nitrogen and oxygen atoms in total. The average molecular weight is 271 g/mol. The van der Waals surface area contributed by atoms with Crippen LogP contribution in [0.2, 0.25) is 0 Å². The number of hydrogen-bond donors (Lipinski definition) is 0. The minimum Gasteiger partial charge on any atom is -0.0882 e. The van der Waals surface area contributed by atoms with E-state index in [1.54, 1.807) is 0 Å². The van der Waals surface area contributed by atoms with E-state index in [9.17, 15) is 0 Å². The maximum absolute atomic E-state index is 3.82. The van der Waals surface area contributed by atoms with Gasteiger partial charge in [0.2, 0.25) is 0 Å². The molecule has 111 valence electrons. The van der Waals surface area contributed by atoms with Crippen molar-refractivity contribution in [3.8, 4) is 0 Å². The van der Waals surface area contributed by atoms with E-state index in [0.717, 1.165) is 19.3 Å². The summed E-state index contributed by atoms with van der Waals surface area (Å²) < 4.78 is 0. The molecule has 0 fully saturated rings. The largest absolute Gasteiger partial charge is 0.0882 e. The van der Waals surface area contributed by atoms with Gasteiger partial charge in [0, 0.05) is 0 Å². The molecule has 0 aliphatic carbocycles. The number of rotatable bonds is 12. The quantitative estimate of drug-likeness (QED) is 0.209. The smallest absolute Gasteiger partial charge is 0.0166 e. The van der Waals surface area contributed by atoms with Crippen LogP contribution in [0.1, 0.15) is 58.3 Å². The van der Waals surface area contributed by atoms with Crippen molar-refractivity contribution in [3.05, 3.63) is 67.7 Å². The Morgan fingerprint density at radius 2 is 1.30 bits per heavy atom. The van der Waals surface area contributed by atoms with Gasteiger partial charge >= 0.3 is 0 Å². The van der Waals surface area contributed by atoms with Crippen molar-refractivity contribution in [2.45, 2.75) is 58.3 Å². The minimum absolute atomic E-state index is 1.02. The van der Waals surface area contributed by atoms with E-state index in [1.165, 1.54) is 32.1 Å². The molecule has 0 aromatic carbocycles. The second-order valence-corrected chi connectivity index (χ2v) is 4.82. The Morgan fingerprint density at radius 1 is 0.650 bits per heavy atom. The molecule has 0 aromatic rings. The molecule has 0 atom stereocenters. The summed E-state index contributed by atoms with van der Waals surface area (Å²) in [6.07, 6.45) is 30.9. The molecule has 0 heterocycles. The maximum Gasteiger partial charge on any atom is -0.0166 e. The van der Waals surface area contributed by atoms with Crippen LogP contribution in [0.25, 0.3) is 0 Å². The van der Waals surface area contributed by atoms with E-state index in [2.05, 4.69) is 74.6 Å². The molecule has 0 rings (SSSR count). The fraction of sp³-hybridized carbons (Fsp3) is 0.450. The standard InChI is InChI=1S/C20H31/c1-3-5-7-9-11-13-15-17-19-20-18-16-14-12-10-8-6-4-2/h9,11-12,14-20H,1,3-8,10,13H2,2H3/b11-9-,14-12-,17-15-,18-16+,20-19+. The molecule has 0 unspecified atom stereocenters. The van der Waals surface area contributed by atoms with Gasteiger partial charge in [-0.2, -0.15) is 0 Å². The maximum atomic E-state index is 3.82. The number of hydrogen-bond acceptors (Lipinski definition) is 0. The Labute approximate surface area is 126 Å². The lowest BCUT2D eigenvalue weighted by atomic mass is 10.2. The lowest BCUT2D eigenvalue weighted by Gasteiger charge is -1.89. The SMILES string of the molecule is [CH2]CCC/C=C\C\C=C/C=C/C=C/C=C\CCCCC. The van der Waals surface area contributed by atoms with Crippen molar-refractivity contribution in [1.82, 2.24) is 0 Å². The second-order valence-electron chi connectivity index (χ2n) is 4.82. The number of allylic oxidation sites excluding steroid dienone is 10. The van der Waals surface area contributed by atoms with Gasteiger partial charge < -0.3 is 0 Å². The van der Waals surface area contributed by atoms with Gasteiger partial charge in [0.15, 0.2) is 0 Å². The third kappa shape index (κ3) is 16.7. The van der Waals surface area contributed by atoms with Gasteiger partial charge in [0.1, 0.15) is 0 Å². The van der Waals surface area contributed by atoms with Crippen molar-refractivity contribution in [3.63, 3.8) is 0 Å². The summed E-state index contributed by atoms with van der Waals surface area (Å²) in [4.78, 5) is 0. The summed E-state index contributed by atoms with van der Waals surface area (Å²) in [7, 11) is 0. The van der Waals surface area contributed by atoms with Gasteiger partial charge in [0.05, 0.1) is 0 Å². The molecular weight excluding hydrogens is 240 g/mol. The Hall–Kier alpha value is -1.30. The zero-order chi connectivity index (χ0) is 14.7.